The summed E-state index contributed by atoms with van der Waals surface area (Å²) in [5.74, 6) is 1.41. The highest BCUT2D eigenvalue weighted by molar-refractivity contribution is 6.06. The molecule has 3 aromatic carbocycles. The van der Waals surface area contributed by atoms with Crippen molar-refractivity contribution >= 4 is 11.6 Å². The highest BCUT2D eigenvalue weighted by Crippen LogP contribution is 2.32. The number of phenolic OH excluding ortho intramolecular Hbond substituents is 1. The quantitative estimate of drug-likeness (QED) is 0.569. The lowest BCUT2D eigenvalue weighted by atomic mass is 10.00. The van der Waals surface area contributed by atoms with Gasteiger partial charge < -0.3 is 19.5 Å². The van der Waals surface area contributed by atoms with E-state index in [9.17, 15) is 9.90 Å². The summed E-state index contributed by atoms with van der Waals surface area (Å²) in [7, 11) is 3.18. The number of hydrogen-bond donors (Lipinski definition) is 1. The minimum absolute atomic E-state index is 0.00672. The van der Waals surface area contributed by atoms with Crippen LogP contribution in [0.2, 0.25) is 0 Å². The number of carbonyl (C=O) groups is 1. The minimum Gasteiger partial charge on any atom is -0.504 e. The van der Waals surface area contributed by atoms with Crippen LogP contribution in [0, 0.1) is 0 Å². The summed E-state index contributed by atoms with van der Waals surface area (Å²) in [6.07, 6.45) is 1.70. The Labute approximate surface area is 195 Å². The fourth-order valence-corrected chi connectivity index (χ4v) is 4.39. The fraction of sp³-hybridized carbons (Fsp3) is 0.296. The van der Waals surface area contributed by atoms with Crippen molar-refractivity contribution in [2.45, 2.75) is 25.4 Å². The van der Waals surface area contributed by atoms with Crippen LogP contribution in [-0.2, 0) is 6.54 Å². The standard InChI is InChI=1S/C27H30N2O4/c1-32-24-13-11-20(12-14-24)27(31)29(22-8-4-3-5-9-22)23-15-17-28(18-16-23)19-21-7-6-10-25(33-2)26(21)30/h3-14,23,30H,15-19H2,1-2H3. The van der Waals surface area contributed by atoms with E-state index >= 15 is 0 Å². The molecule has 0 bridgehead atoms. The van der Waals surface area contributed by atoms with Gasteiger partial charge in [0.25, 0.3) is 5.91 Å². The Morgan fingerprint density at radius 1 is 0.939 bits per heavy atom. The summed E-state index contributed by atoms with van der Waals surface area (Å²) < 4.78 is 10.5. The molecule has 1 fully saturated rings. The van der Waals surface area contributed by atoms with Gasteiger partial charge in [0.1, 0.15) is 5.75 Å². The van der Waals surface area contributed by atoms with E-state index in [1.54, 1.807) is 20.3 Å². The second-order valence-corrected chi connectivity index (χ2v) is 8.21. The van der Waals surface area contributed by atoms with Gasteiger partial charge in [0, 0.05) is 42.5 Å². The molecule has 172 valence electrons. The molecule has 4 rings (SSSR count). The van der Waals surface area contributed by atoms with Crippen LogP contribution < -0.4 is 14.4 Å². The zero-order chi connectivity index (χ0) is 23.2. The van der Waals surface area contributed by atoms with Crippen molar-refractivity contribution in [1.82, 2.24) is 4.90 Å². The molecule has 1 N–H and O–H groups in total. The number of rotatable bonds is 7. The second kappa shape index (κ2) is 10.4. The molecule has 1 aliphatic heterocycles. The first-order chi connectivity index (χ1) is 16.1. The van der Waals surface area contributed by atoms with Crippen molar-refractivity contribution in [2.24, 2.45) is 0 Å². The molecule has 3 aromatic rings. The zero-order valence-electron chi connectivity index (χ0n) is 19.1. The van der Waals surface area contributed by atoms with E-state index in [1.807, 2.05) is 71.6 Å². The third kappa shape index (κ3) is 5.12. The molecule has 1 saturated heterocycles. The number of amides is 1. The molecule has 33 heavy (non-hydrogen) atoms. The van der Waals surface area contributed by atoms with Crippen LogP contribution in [-0.4, -0.2) is 49.3 Å². The molecule has 0 aromatic heterocycles. The largest absolute Gasteiger partial charge is 0.504 e. The number of likely N-dealkylation sites (tertiary alicyclic amines) is 1. The van der Waals surface area contributed by atoms with Crippen LogP contribution in [0.3, 0.4) is 0 Å². The van der Waals surface area contributed by atoms with E-state index in [1.165, 1.54) is 0 Å². The Kier molecular flexibility index (Phi) is 7.15. The van der Waals surface area contributed by atoms with Crippen molar-refractivity contribution in [3.63, 3.8) is 0 Å². The van der Waals surface area contributed by atoms with Gasteiger partial charge >= 0.3 is 0 Å². The number of nitrogens with zero attached hydrogens (tertiary/aromatic N) is 2. The molecule has 0 radical (unpaired) electrons. The third-order valence-corrected chi connectivity index (χ3v) is 6.21. The van der Waals surface area contributed by atoms with E-state index < -0.39 is 0 Å². The van der Waals surface area contributed by atoms with Crippen LogP contribution in [0.15, 0.2) is 72.8 Å². The predicted octanol–water partition coefficient (Wildman–Crippen LogP) is 4.72. The fourth-order valence-electron chi connectivity index (χ4n) is 4.39. The average molecular weight is 447 g/mol. The lowest BCUT2D eigenvalue weighted by molar-refractivity contribution is 0.0958. The number of benzene rings is 3. The molecule has 0 saturated carbocycles. The molecule has 0 atom stereocenters. The number of piperidine rings is 1. The number of hydrogen-bond acceptors (Lipinski definition) is 5. The van der Waals surface area contributed by atoms with Gasteiger partial charge in [-0.25, -0.2) is 0 Å². The summed E-state index contributed by atoms with van der Waals surface area (Å²) in [5, 5.41) is 10.4. The van der Waals surface area contributed by atoms with Gasteiger partial charge in [-0.2, -0.15) is 0 Å². The number of carbonyl (C=O) groups excluding carboxylic acids is 1. The molecule has 0 spiro atoms. The first-order valence-corrected chi connectivity index (χ1v) is 11.2. The summed E-state index contributed by atoms with van der Waals surface area (Å²) >= 11 is 0. The molecule has 0 aliphatic carbocycles. The van der Waals surface area contributed by atoms with Gasteiger partial charge in [-0.1, -0.05) is 30.3 Å². The van der Waals surface area contributed by atoms with E-state index in [0.717, 1.165) is 42.9 Å². The van der Waals surface area contributed by atoms with Gasteiger partial charge in [0.15, 0.2) is 11.5 Å². The van der Waals surface area contributed by atoms with Gasteiger partial charge in [0.05, 0.1) is 14.2 Å². The van der Waals surface area contributed by atoms with Gasteiger partial charge in [-0.15, -0.1) is 0 Å². The second-order valence-electron chi connectivity index (χ2n) is 8.21. The maximum Gasteiger partial charge on any atom is 0.258 e. The van der Waals surface area contributed by atoms with Crippen molar-refractivity contribution in [2.75, 3.05) is 32.2 Å². The molecule has 1 heterocycles. The molecule has 6 heteroatoms. The number of para-hydroxylation sites is 2. The zero-order valence-corrected chi connectivity index (χ0v) is 19.1. The van der Waals surface area contributed by atoms with E-state index in [-0.39, 0.29) is 17.7 Å². The predicted molar refractivity (Wildman–Crippen MR) is 129 cm³/mol. The number of ether oxygens (including phenoxy) is 2. The van der Waals surface area contributed by atoms with Crippen molar-refractivity contribution in [3.8, 4) is 17.2 Å². The van der Waals surface area contributed by atoms with Crippen molar-refractivity contribution < 1.29 is 19.4 Å². The van der Waals surface area contributed by atoms with Crippen molar-refractivity contribution in [3.05, 3.63) is 83.9 Å². The van der Waals surface area contributed by atoms with Gasteiger partial charge in [-0.3, -0.25) is 9.69 Å². The van der Waals surface area contributed by atoms with Crippen molar-refractivity contribution in [1.29, 1.82) is 0 Å². The Hall–Kier alpha value is -3.51. The molecular weight excluding hydrogens is 416 g/mol. The lowest BCUT2D eigenvalue weighted by Gasteiger charge is -2.38. The Bertz CT molecular complexity index is 1060. The first kappa shape index (κ1) is 22.7. The third-order valence-electron chi connectivity index (χ3n) is 6.21. The van der Waals surface area contributed by atoms with E-state index in [0.29, 0.717) is 17.9 Å². The topological polar surface area (TPSA) is 62.2 Å². The number of methoxy groups -OCH3 is 2. The number of phenols is 1. The summed E-state index contributed by atoms with van der Waals surface area (Å²) in [6.45, 7) is 2.31. The van der Waals surface area contributed by atoms with Crippen LogP contribution in [0.4, 0.5) is 5.69 Å². The highest BCUT2D eigenvalue weighted by Gasteiger charge is 2.30. The molecule has 6 nitrogen and oxygen atoms in total. The van der Waals surface area contributed by atoms with Crippen LogP contribution >= 0.6 is 0 Å². The molecular formula is C27H30N2O4. The number of anilines is 1. The van der Waals surface area contributed by atoms with Crippen LogP contribution in [0.25, 0.3) is 0 Å². The SMILES string of the molecule is COc1ccc(C(=O)N(c2ccccc2)C2CCN(Cc3cccc(OC)c3O)CC2)cc1. The Morgan fingerprint density at radius 3 is 2.27 bits per heavy atom. The van der Waals surface area contributed by atoms with Gasteiger partial charge in [0.2, 0.25) is 0 Å². The maximum atomic E-state index is 13.6. The van der Waals surface area contributed by atoms with E-state index in [4.69, 9.17) is 9.47 Å². The normalized spacial score (nSPS) is 14.6. The van der Waals surface area contributed by atoms with Crippen LogP contribution in [0.1, 0.15) is 28.8 Å². The van der Waals surface area contributed by atoms with Crippen LogP contribution in [0.5, 0.6) is 17.2 Å². The summed E-state index contributed by atoms with van der Waals surface area (Å²) in [5.41, 5.74) is 2.40. The minimum atomic E-state index is -0.00672. The average Bonchev–Trinajstić information content (AvgIpc) is 2.87. The van der Waals surface area contributed by atoms with Gasteiger partial charge in [-0.05, 0) is 55.3 Å². The first-order valence-electron chi connectivity index (χ1n) is 11.2. The lowest BCUT2D eigenvalue weighted by Crippen LogP contribution is -2.47. The monoisotopic (exact) mass is 446 g/mol. The van der Waals surface area contributed by atoms with E-state index in [2.05, 4.69) is 4.90 Å². The smallest absolute Gasteiger partial charge is 0.258 e. The summed E-state index contributed by atoms with van der Waals surface area (Å²) in [6, 6.07) is 22.8. The Balaban J connectivity index is 1.49. The maximum absolute atomic E-state index is 13.6. The molecule has 1 aliphatic rings. The highest BCUT2D eigenvalue weighted by atomic mass is 16.5. The molecule has 1 amide bonds. The summed E-state index contributed by atoms with van der Waals surface area (Å²) in [4.78, 5) is 17.8. The number of aromatic hydroxyl groups is 1. The Morgan fingerprint density at radius 2 is 1.64 bits per heavy atom. The molecule has 0 unspecified atom stereocenters.